The molecular formula is C28H28O2. The molecule has 2 heteroatoms. The van der Waals surface area contributed by atoms with Gasteiger partial charge in [0.05, 0.1) is 7.11 Å². The van der Waals surface area contributed by atoms with Crippen molar-refractivity contribution in [1.82, 2.24) is 0 Å². The number of hydrogen-bond acceptors (Lipinski definition) is 2. The van der Waals surface area contributed by atoms with Crippen molar-refractivity contribution in [2.75, 3.05) is 7.11 Å². The van der Waals surface area contributed by atoms with Crippen LogP contribution in [0.4, 0.5) is 0 Å². The second kappa shape index (κ2) is 7.05. The van der Waals surface area contributed by atoms with Crippen LogP contribution in [0.25, 0.3) is 6.08 Å². The third-order valence-electron chi connectivity index (χ3n) is 6.82. The van der Waals surface area contributed by atoms with E-state index >= 15 is 0 Å². The number of fused-ring (bicyclic) bond motifs is 2. The Morgan fingerprint density at radius 1 is 1.03 bits per heavy atom. The number of aryl methyl sites for hydroxylation is 1. The minimum Gasteiger partial charge on any atom is -0.497 e. The van der Waals surface area contributed by atoms with Crippen LogP contribution in [0.2, 0.25) is 0 Å². The molecule has 2 nitrogen and oxygen atoms in total. The zero-order valence-corrected chi connectivity index (χ0v) is 18.2. The Morgan fingerprint density at radius 3 is 2.57 bits per heavy atom. The Kier molecular flexibility index (Phi) is 4.47. The van der Waals surface area contributed by atoms with E-state index < -0.39 is 0 Å². The lowest BCUT2D eigenvalue weighted by molar-refractivity contribution is 0.253. The van der Waals surface area contributed by atoms with Crippen LogP contribution in [0.15, 0.2) is 60.7 Å². The number of allylic oxidation sites excluding steroid dienone is 1. The van der Waals surface area contributed by atoms with Crippen LogP contribution in [0.3, 0.4) is 0 Å². The molecule has 0 N–H and O–H groups in total. The van der Waals surface area contributed by atoms with Crippen LogP contribution >= 0.6 is 0 Å². The first-order valence-corrected chi connectivity index (χ1v) is 10.7. The third kappa shape index (κ3) is 2.86. The van der Waals surface area contributed by atoms with Crippen LogP contribution in [0.1, 0.15) is 45.9 Å². The molecule has 1 aliphatic carbocycles. The van der Waals surface area contributed by atoms with Gasteiger partial charge in [-0.15, -0.1) is 0 Å². The molecule has 0 amide bonds. The standard InChI is InChI=1S/C28H28O2/c1-18-15-26(20(3)25-16-19(2)30-27(18)25)28(23-9-11-24(29-4)12-10-23)14-13-21-7-5-6-8-22(21)17-28/h5-15,19H,16-17H2,1-4H3. The quantitative estimate of drug-likeness (QED) is 0.525. The van der Waals surface area contributed by atoms with Gasteiger partial charge in [0.2, 0.25) is 0 Å². The van der Waals surface area contributed by atoms with E-state index in [-0.39, 0.29) is 11.5 Å². The number of methoxy groups -OCH3 is 1. The van der Waals surface area contributed by atoms with Gasteiger partial charge in [-0.1, -0.05) is 54.6 Å². The largest absolute Gasteiger partial charge is 0.497 e. The van der Waals surface area contributed by atoms with Gasteiger partial charge in [-0.3, -0.25) is 0 Å². The van der Waals surface area contributed by atoms with Gasteiger partial charge in [-0.2, -0.15) is 0 Å². The minimum atomic E-state index is -0.212. The van der Waals surface area contributed by atoms with Crippen LogP contribution in [-0.2, 0) is 18.3 Å². The van der Waals surface area contributed by atoms with Gasteiger partial charge in [0.15, 0.2) is 0 Å². The molecule has 0 fully saturated rings. The van der Waals surface area contributed by atoms with Gasteiger partial charge in [-0.05, 0) is 72.7 Å². The zero-order valence-electron chi connectivity index (χ0n) is 18.2. The highest BCUT2D eigenvalue weighted by Crippen LogP contribution is 2.47. The molecule has 3 aromatic rings. The highest BCUT2D eigenvalue weighted by atomic mass is 16.5. The van der Waals surface area contributed by atoms with Crippen molar-refractivity contribution in [2.45, 2.75) is 45.1 Å². The fourth-order valence-corrected chi connectivity index (χ4v) is 5.24. The predicted octanol–water partition coefficient (Wildman–Crippen LogP) is 6.19. The number of ether oxygens (including phenoxy) is 2. The molecule has 2 unspecified atom stereocenters. The Hall–Kier alpha value is -3.00. The first kappa shape index (κ1) is 19.0. The number of hydrogen-bond donors (Lipinski definition) is 0. The fourth-order valence-electron chi connectivity index (χ4n) is 5.24. The van der Waals surface area contributed by atoms with E-state index in [1.807, 2.05) is 0 Å². The van der Waals surface area contributed by atoms with Crippen molar-refractivity contribution >= 4 is 6.08 Å². The minimum absolute atomic E-state index is 0.212. The lowest BCUT2D eigenvalue weighted by Gasteiger charge is -2.37. The van der Waals surface area contributed by atoms with Crippen molar-refractivity contribution in [1.29, 1.82) is 0 Å². The molecule has 0 aromatic heterocycles. The molecule has 2 atom stereocenters. The Labute approximate surface area is 179 Å². The maximum absolute atomic E-state index is 6.15. The predicted molar refractivity (Wildman–Crippen MR) is 123 cm³/mol. The van der Waals surface area contributed by atoms with Crippen LogP contribution in [0.5, 0.6) is 11.5 Å². The molecule has 5 rings (SSSR count). The zero-order chi connectivity index (χ0) is 20.9. The van der Waals surface area contributed by atoms with Crippen molar-refractivity contribution < 1.29 is 9.47 Å². The second-order valence-electron chi connectivity index (χ2n) is 8.72. The Bertz CT molecular complexity index is 1140. The highest BCUT2D eigenvalue weighted by molar-refractivity contribution is 5.67. The van der Waals surface area contributed by atoms with E-state index in [9.17, 15) is 0 Å². The summed E-state index contributed by atoms with van der Waals surface area (Å²) in [6.45, 7) is 6.62. The van der Waals surface area contributed by atoms with Gasteiger partial charge >= 0.3 is 0 Å². The summed E-state index contributed by atoms with van der Waals surface area (Å²) in [4.78, 5) is 0. The highest BCUT2D eigenvalue weighted by Gasteiger charge is 2.38. The van der Waals surface area contributed by atoms with E-state index in [1.54, 1.807) is 7.11 Å². The fraction of sp³-hybridized carbons (Fsp3) is 0.286. The van der Waals surface area contributed by atoms with E-state index in [0.29, 0.717) is 0 Å². The van der Waals surface area contributed by atoms with E-state index in [2.05, 4.69) is 87.5 Å². The van der Waals surface area contributed by atoms with Gasteiger partial charge in [0.25, 0.3) is 0 Å². The molecule has 0 saturated heterocycles. The monoisotopic (exact) mass is 396 g/mol. The number of rotatable bonds is 3. The summed E-state index contributed by atoms with van der Waals surface area (Å²) in [6.07, 6.45) is 6.87. The summed E-state index contributed by atoms with van der Waals surface area (Å²) in [5.74, 6) is 1.98. The van der Waals surface area contributed by atoms with Gasteiger partial charge < -0.3 is 9.47 Å². The summed E-state index contributed by atoms with van der Waals surface area (Å²) in [5.41, 5.74) is 9.13. The van der Waals surface area contributed by atoms with Gasteiger partial charge in [0.1, 0.15) is 17.6 Å². The molecular weight excluding hydrogens is 368 g/mol. The summed E-state index contributed by atoms with van der Waals surface area (Å²) in [7, 11) is 1.72. The Morgan fingerprint density at radius 2 is 1.80 bits per heavy atom. The van der Waals surface area contributed by atoms with Crippen molar-refractivity contribution in [3.05, 3.63) is 99.6 Å². The van der Waals surface area contributed by atoms with Gasteiger partial charge in [-0.25, -0.2) is 0 Å². The Balaban J connectivity index is 1.75. The summed E-state index contributed by atoms with van der Waals surface area (Å²) >= 11 is 0. The molecule has 30 heavy (non-hydrogen) atoms. The molecule has 1 heterocycles. The maximum Gasteiger partial charge on any atom is 0.126 e. The van der Waals surface area contributed by atoms with E-state index in [4.69, 9.17) is 9.47 Å². The average Bonchev–Trinajstić information content (AvgIpc) is 3.18. The third-order valence-corrected chi connectivity index (χ3v) is 6.82. The molecule has 0 bridgehead atoms. The summed E-state index contributed by atoms with van der Waals surface area (Å²) in [5, 5.41) is 0. The first-order chi connectivity index (χ1) is 14.5. The van der Waals surface area contributed by atoms with Crippen LogP contribution < -0.4 is 9.47 Å². The van der Waals surface area contributed by atoms with Crippen molar-refractivity contribution in [3.8, 4) is 11.5 Å². The molecule has 1 aliphatic heterocycles. The van der Waals surface area contributed by atoms with Crippen LogP contribution in [-0.4, -0.2) is 13.2 Å². The summed E-state index contributed by atoms with van der Waals surface area (Å²) < 4.78 is 11.6. The van der Waals surface area contributed by atoms with Crippen molar-refractivity contribution in [2.24, 2.45) is 0 Å². The normalized spacial score (nSPS) is 21.7. The molecule has 2 aliphatic rings. The first-order valence-electron chi connectivity index (χ1n) is 10.7. The maximum atomic E-state index is 6.15. The van der Waals surface area contributed by atoms with Crippen LogP contribution in [0, 0.1) is 13.8 Å². The summed E-state index contributed by atoms with van der Waals surface area (Å²) in [6, 6.07) is 19.7. The molecule has 0 radical (unpaired) electrons. The lowest BCUT2D eigenvalue weighted by atomic mass is 9.65. The van der Waals surface area contributed by atoms with Gasteiger partial charge in [0, 0.05) is 17.4 Å². The smallest absolute Gasteiger partial charge is 0.126 e. The SMILES string of the molecule is COc1ccc(C2(c3cc(C)c4c(c3C)CC(C)O4)C=Cc3ccccc3C2)cc1. The molecule has 0 spiro atoms. The molecule has 3 aromatic carbocycles. The van der Waals surface area contributed by atoms with E-state index in [1.165, 1.54) is 38.9 Å². The lowest BCUT2D eigenvalue weighted by Crippen LogP contribution is -2.31. The topological polar surface area (TPSA) is 18.5 Å². The van der Waals surface area contributed by atoms with E-state index in [0.717, 1.165) is 24.3 Å². The average molecular weight is 397 g/mol. The number of benzene rings is 3. The molecule has 0 saturated carbocycles. The van der Waals surface area contributed by atoms with Crippen molar-refractivity contribution in [3.63, 3.8) is 0 Å². The molecule has 152 valence electrons. The second-order valence-corrected chi connectivity index (χ2v) is 8.72.